The number of carboxylic acid groups (broad SMARTS) is 1. The van der Waals surface area contributed by atoms with E-state index in [-0.39, 0.29) is 16.9 Å². The zero-order valence-electron chi connectivity index (χ0n) is 21.9. The molecule has 6 rings (SSSR count). The molecule has 4 aromatic heterocycles. The van der Waals surface area contributed by atoms with E-state index in [1.165, 1.54) is 0 Å². The molecule has 1 aromatic carbocycles. The first kappa shape index (κ1) is 26.3. The smallest absolute Gasteiger partial charge is 0.335 e. The van der Waals surface area contributed by atoms with Crippen molar-refractivity contribution in [3.63, 3.8) is 0 Å². The Hall–Kier alpha value is -4.94. The predicted molar refractivity (Wildman–Crippen MR) is 142 cm³/mol. The van der Waals surface area contributed by atoms with E-state index < -0.39 is 30.4 Å². The molecule has 5 aromatic rings. The summed E-state index contributed by atoms with van der Waals surface area (Å²) in [4.78, 5) is 27.2. The molecule has 13 heteroatoms. The molecule has 0 spiro atoms. The van der Waals surface area contributed by atoms with Gasteiger partial charge in [-0.3, -0.25) is 4.57 Å². The van der Waals surface area contributed by atoms with Crippen molar-refractivity contribution in [1.29, 1.82) is 0 Å². The number of ether oxygens (including phenoxy) is 1. The molecule has 210 valence electrons. The molecule has 0 radical (unpaired) electrons. The third-order valence-corrected chi connectivity index (χ3v) is 6.94. The largest absolute Gasteiger partial charge is 0.487 e. The number of rotatable bonds is 8. The molecule has 1 saturated heterocycles. The van der Waals surface area contributed by atoms with Crippen LogP contribution in [0.2, 0.25) is 0 Å². The van der Waals surface area contributed by atoms with Crippen molar-refractivity contribution in [1.82, 2.24) is 24.7 Å². The molecule has 10 nitrogen and oxygen atoms in total. The van der Waals surface area contributed by atoms with Crippen LogP contribution in [0.5, 0.6) is 5.75 Å². The Balaban J connectivity index is 1.58. The number of benzene rings is 1. The summed E-state index contributed by atoms with van der Waals surface area (Å²) in [5.41, 5.74) is 2.51. The third-order valence-electron chi connectivity index (χ3n) is 6.94. The second-order valence-electron chi connectivity index (χ2n) is 9.63. The number of fused-ring (bicyclic) bond motifs is 1. The number of anilines is 1. The van der Waals surface area contributed by atoms with Gasteiger partial charge >= 0.3 is 5.97 Å². The third kappa shape index (κ3) is 4.72. The number of pyridine rings is 1. The molecule has 0 amide bonds. The fourth-order valence-corrected chi connectivity index (χ4v) is 4.89. The highest BCUT2D eigenvalue weighted by Gasteiger charge is 2.25. The summed E-state index contributed by atoms with van der Waals surface area (Å²) in [6.45, 7) is 4.22. The second-order valence-corrected chi connectivity index (χ2v) is 9.63. The quantitative estimate of drug-likeness (QED) is 0.263. The molecule has 1 aliphatic heterocycles. The van der Waals surface area contributed by atoms with Crippen LogP contribution in [-0.4, -0.2) is 61.9 Å². The number of hydrogen-bond donors (Lipinski definition) is 1. The van der Waals surface area contributed by atoms with Crippen molar-refractivity contribution >= 4 is 23.0 Å². The molecule has 0 saturated carbocycles. The maximum absolute atomic E-state index is 15.7. The highest BCUT2D eigenvalue weighted by Crippen LogP contribution is 2.41. The van der Waals surface area contributed by atoms with Crippen LogP contribution in [0.3, 0.4) is 0 Å². The van der Waals surface area contributed by atoms with Crippen molar-refractivity contribution in [2.45, 2.75) is 26.7 Å². The SMILES string of the molecule is Cc1noc(C)c1-c1cnc2c(c1)c(-c1c(F)cc(C(=O)O)cc1OCC(F)F)cn2-c1cnc(N2CCC2)nc1. The first-order valence-electron chi connectivity index (χ1n) is 12.7. The average molecular weight is 565 g/mol. The Morgan fingerprint density at radius 3 is 2.46 bits per heavy atom. The number of aryl methyl sites for hydroxylation is 2. The Labute approximate surface area is 231 Å². The van der Waals surface area contributed by atoms with Gasteiger partial charge in [0.1, 0.15) is 29.6 Å². The minimum Gasteiger partial charge on any atom is -0.487 e. The van der Waals surface area contributed by atoms with Gasteiger partial charge in [-0.05, 0) is 38.5 Å². The van der Waals surface area contributed by atoms with Crippen LogP contribution in [-0.2, 0) is 0 Å². The summed E-state index contributed by atoms with van der Waals surface area (Å²) >= 11 is 0. The number of carboxylic acids is 1. The van der Waals surface area contributed by atoms with Crippen LogP contribution in [0.25, 0.3) is 39.0 Å². The molecule has 5 heterocycles. The summed E-state index contributed by atoms with van der Waals surface area (Å²) in [5, 5.41) is 13.9. The molecule has 0 unspecified atom stereocenters. The Morgan fingerprint density at radius 1 is 1.10 bits per heavy atom. The monoisotopic (exact) mass is 564 g/mol. The van der Waals surface area contributed by atoms with Crippen LogP contribution in [0.1, 0.15) is 28.2 Å². The van der Waals surface area contributed by atoms with E-state index in [4.69, 9.17) is 9.26 Å². The predicted octanol–water partition coefficient (Wildman–Crippen LogP) is 5.45. The van der Waals surface area contributed by atoms with E-state index in [2.05, 4.69) is 20.1 Å². The maximum atomic E-state index is 15.7. The van der Waals surface area contributed by atoms with E-state index in [1.54, 1.807) is 49.3 Å². The number of hydrogen-bond acceptors (Lipinski definition) is 8. The van der Waals surface area contributed by atoms with E-state index in [9.17, 15) is 18.7 Å². The number of aromatic nitrogens is 5. The molecule has 0 atom stereocenters. The fourth-order valence-electron chi connectivity index (χ4n) is 4.89. The van der Waals surface area contributed by atoms with Crippen molar-refractivity contribution < 1.29 is 32.3 Å². The Morgan fingerprint density at radius 2 is 1.85 bits per heavy atom. The summed E-state index contributed by atoms with van der Waals surface area (Å²) in [6, 6.07) is 3.62. The van der Waals surface area contributed by atoms with Crippen molar-refractivity contribution in [3.8, 4) is 33.7 Å². The van der Waals surface area contributed by atoms with Crippen LogP contribution >= 0.6 is 0 Å². The van der Waals surface area contributed by atoms with Crippen LogP contribution < -0.4 is 9.64 Å². The topological polar surface area (TPSA) is 119 Å². The standard InChI is InChI=1S/C28H23F3N6O4/c1-14-24(15(2)41-35-14)17-6-19-20(25-21(29)7-16(27(38)39)8-22(25)40-13-23(30)31)12-37(26(19)32-9-17)18-10-33-28(34-11-18)36-4-3-5-36/h6-12,23H,3-5,13H2,1-2H3,(H,38,39). The highest BCUT2D eigenvalue weighted by molar-refractivity contribution is 6.00. The van der Waals surface area contributed by atoms with Crippen LogP contribution in [0.4, 0.5) is 19.1 Å². The minimum absolute atomic E-state index is 0.185. The first-order valence-corrected chi connectivity index (χ1v) is 12.7. The van der Waals surface area contributed by atoms with Gasteiger partial charge in [0, 0.05) is 47.6 Å². The van der Waals surface area contributed by atoms with Gasteiger partial charge < -0.3 is 19.3 Å². The summed E-state index contributed by atoms with van der Waals surface area (Å²) in [5.74, 6) is -1.59. The Bertz CT molecular complexity index is 1760. The minimum atomic E-state index is -2.87. The van der Waals surface area contributed by atoms with Gasteiger partial charge in [0.25, 0.3) is 6.43 Å². The van der Waals surface area contributed by atoms with Crippen LogP contribution in [0, 0.1) is 19.7 Å². The second kappa shape index (κ2) is 10.2. The molecule has 1 N–H and O–H groups in total. The maximum Gasteiger partial charge on any atom is 0.335 e. The summed E-state index contributed by atoms with van der Waals surface area (Å²) in [6.07, 6.45) is 4.64. The molecule has 0 bridgehead atoms. The zero-order valence-corrected chi connectivity index (χ0v) is 21.9. The Kier molecular flexibility index (Phi) is 6.56. The van der Waals surface area contributed by atoms with Crippen molar-refractivity contribution in [3.05, 3.63) is 65.8 Å². The van der Waals surface area contributed by atoms with Gasteiger partial charge in [-0.15, -0.1) is 0 Å². The number of alkyl halides is 2. The van der Waals surface area contributed by atoms with E-state index >= 15 is 4.39 Å². The van der Waals surface area contributed by atoms with E-state index in [1.807, 2.05) is 4.90 Å². The number of nitrogens with zero attached hydrogens (tertiary/aromatic N) is 6. The van der Waals surface area contributed by atoms with E-state index in [0.717, 1.165) is 31.6 Å². The lowest BCUT2D eigenvalue weighted by atomic mass is 9.99. The van der Waals surface area contributed by atoms with Gasteiger partial charge in [0.15, 0.2) is 0 Å². The van der Waals surface area contributed by atoms with Gasteiger partial charge in [-0.1, -0.05) is 5.16 Å². The number of halogens is 3. The molecule has 41 heavy (non-hydrogen) atoms. The summed E-state index contributed by atoms with van der Waals surface area (Å²) in [7, 11) is 0. The highest BCUT2D eigenvalue weighted by atomic mass is 19.3. The van der Waals surface area contributed by atoms with Crippen molar-refractivity contribution in [2.75, 3.05) is 24.6 Å². The number of aromatic carboxylic acids is 1. The van der Waals surface area contributed by atoms with Gasteiger partial charge in [0.05, 0.1) is 34.9 Å². The van der Waals surface area contributed by atoms with Crippen LogP contribution in [0.15, 0.2) is 47.5 Å². The lowest BCUT2D eigenvalue weighted by molar-refractivity contribution is 0.0694. The van der Waals surface area contributed by atoms with Crippen molar-refractivity contribution in [2.24, 2.45) is 0 Å². The first-order chi connectivity index (χ1) is 19.7. The summed E-state index contributed by atoms with van der Waals surface area (Å²) < 4.78 is 54.1. The fraction of sp³-hybridized carbons (Fsp3) is 0.250. The normalized spacial score (nSPS) is 13.2. The zero-order chi connectivity index (χ0) is 28.8. The molecular formula is C28H23F3N6O4. The van der Waals surface area contributed by atoms with Gasteiger partial charge in [0.2, 0.25) is 5.95 Å². The average Bonchev–Trinajstić information content (AvgIpc) is 3.45. The molecule has 1 fully saturated rings. The molecule has 1 aliphatic rings. The number of carbonyl (C=O) groups is 1. The lowest BCUT2D eigenvalue weighted by Gasteiger charge is -2.30. The molecular weight excluding hydrogens is 541 g/mol. The van der Waals surface area contributed by atoms with Gasteiger partial charge in [-0.2, -0.15) is 0 Å². The molecule has 0 aliphatic carbocycles. The lowest BCUT2D eigenvalue weighted by Crippen LogP contribution is -2.38. The van der Waals surface area contributed by atoms with Gasteiger partial charge in [-0.25, -0.2) is 32.9 Å². The van der Waals surface area contributed by atoms with E-state index in [0.29, 0.717) is 45.3 Å².